The highest BCUT2D eigenvalue weighted by atomic mass is 32.2. The van der Waals surface area contributed by atoms with Crippen molar-refractivity contribution in [1.29, 1.82) is 0 Å². The molecule has 2 N–H and O–H groups in total. The monoisotopic (exact) mass is 1030 g/mol. The molecule has 0 bridgehead atoms. The molecule has 15 nitrogen and oxygen atoms in total. The molecular weight excluding hydrogens is 947 g/mol. The Balaban J connectivity index is 1.56. The summed E-state index contributed by atoms with van der Waals surface area (Å²) in [5.74, 6) is -0.370. The molecule has 0 aliphatic heterocycles. The summed E-state index contributed by atoms with van der Waals surface area (Å²) in [5.41, 5.74) is 3.03. The van der Waals surface area contributed by atoms with E-state index in [1.165, 1.54) is 52.3 Å². The van der Waals surface area contributed by atoms with Gasteiger partial charge in [-0.1, -0.05) is 51.9 Å². The van der Waals surface area contributed by atoms with Crippen LogP contribution < -0.4 is 18.8 Å². The number of quaternary nitrogens is 2. The molecule has 0 fully saturated rings. The quantitative estimate of drug-likeness (QED) is 0.00860. The molecule has 0 unspecified atom stereocenters. The van der Waals surface area contributed by atoms with Gasteiger partial charge in [-0.2, -0.15) is 21.4 Å². The molecule has 0 radical (unpaired) electrons. The first-order chi connectivity index (χ1) is 33.5. The third-order valence-corrected chi connectivity index (χ3v) is 14.9. The number of pyridine rings is 1. The summed E-state index contributed by atoms with van der Waals surface area (Å²) >= 11 is 0. The van der Waals surface area contributed by atoms with E-state index in [1.54, 1.807) is 26.0 Å². The van der Waals surface area contributed by atoms with Crippen molar-refractivity contribution in [1.82, 2.24) is 0 Å². The fourth-order valence-electron chi connectivity index (χ4n) is 9.28. The van der Waals surface area contributed by atoms with Gasteiger partial charge in [-0.15, -0.1) is 0 Å². The Hall–Kier alpha value is -4.39. The van der Waals surface area contributed by atoms with E-state index in [9.17, 15) is 31.0 Å². The van der Waals surface area contributed by atoms with Crippen LogP contribution in [0.1, 0.15) is 141 Å². The van der Waals surface area contributed by atoms with Gasteiger partial charge in [0.2, 0.25) is 11.0 Å². The topological polar surface area (TPSA) is 184 Å². The summed E-state index contributed by atoms with van der Waals surface area (Å²) < 4.78 is 92.2. The summed E-state index contributed by atoms with van der Waals surface area (Å²) in [6, 6.07) is 14.3. The largest absolute Gasteiger partial charge is 0.494 e. The molecule has 4 rings (SSSR count). The van der Waals surface area contributed by atoms with Crippen LogP contribution in [0.2, 0.25) is 0 Å². The molecule has 0 amide bonds. The fourth-order valence-corrected chi connectivity index (χ4v) is 10.3. The van der Waals surface area contributed by atoms with Crippen LogP contribution in [0.25, 0.3) is 21.8 Å². The molecule has 1 heterocycles. The lowest BCUT2D eigenvalue weighted by Gasteiger charge is -2.29. The zero-order valence-electron chi connectivity index (χ0n) is 43.9. The number of hydrogen-bond acceptors (Lipinski definition) is 10. The molecule has 71 heavy (non-hydrogen) atoms. The Morgan fingerprint density at radius 1 is 0.563 bits per heavy atom. The van der Waals surface area contributed by atoms with Gasteiger partial charge in [0, 0.05) is 25.0 Å². The molecule has 396 valence electrons. The molecule has 4 aromatic rings. The van der Waals surface area contributed by atoms with Gasteiger partial charge in [-0.3, -0.25) is 9.11 Å². The molecule has 0 spiro atoms. The first-order valence-corrected chi connectivity index (χ1v) is 28.9. The number of benzene rings is 3. The molecule has 1 aromatic heterocycles. The summed E-state index contributed by atoms with van der Waals surface area (Å²) in [4.78, 5) is 27.2. The second-order valence-electron chi connectivity index (χ2n) is 20.5. The van der Waals surface area contributed by atoms with Gasteiger partial charge in [0.05, 0.1) is 108 Å². The van der Waals surface area contributed by atoms with Crippen LogP contribution in [0, 0.1) is 13.8 Å². The SMILES string of the molecule is CCCC[N+](C)(C)CCCCCCCCOc1ccc2c(c1)c(C(=O)Oc1c(C)cc(C(=O)OC)cc1C)c1cc(OCCCCCCCC[N+](C)(C)CCCS(=O)(=O)O)ccc1[n+]2CCCS(=O)(=O)O. The van der Waals surface area contributed by atoms with Crippen LogP contribution >= 0.6 is 0 Å². The van der Waals surface area contributed by atoms with Crippen LogP contribution in [-0.2, 0) is 31.5 Å². The van der Waals surface area contributed by atoms with Crippen LogP contribution in [0.4, 0.5) is 0 Å². The Morgan fingerprint density at radius 2 is 0.986 bits per heavy atom. The van der Waals surface area contributed by atoms with Gasteiger partial charge >= 0.3 is 11.9 Å². The number of carbonyl (C=O) groups is 2. The Labute approximate surface area is 424 Å². The number of fused-ring (bicyclic) bond motifs is 2. The van der Waals surface area contributed by atoms with Gasteiger partial charge in [0.15, 0.2) is 6.54 Å². The Bertz CT molecular complexity index is 2570. The van der Waals surface area contributed by atoms with Crippen molar-refractivity contribution in [3.8, 4) is 17.2 Å². The van der Waals surface area contributed by atoms with E-state index in [1.807, 2.05) is 41.0 Å². The van der Waals surface area contributed by atoms with Crippen molar-refractivity contribution in [3.63, 3.8) is 0 Å². The molecule has 17 heteroatoms. The number of aromatic nitrogens is 1. The number of esters is 2. The first kappa shape index (κ1) is 59.2. The number of aryl methyl sites for hydroxylation is 3. The first-order valence-electron chi connectivity index (χ1n) is 25.7. The van der Waals surface area contributed by atoms with Crippen LogP contribution in [0.5, 0.6) is 17.2 Å². The third kappa shape index (κ3) is 20.6. The van der Waals surface area contributed by atoms with E-state index >= 15 is 0 Å². The van der Waals surface area contributed by atoms with Crippen molar-refractivity contribution in [2.75, 3.05) is 86.2 Å². The van der Waals surface area contributed by atoms with Gasteiger partial charge in [0.25, 0.3) is 20.2 Å². The fraction of sp³-hybridized carbons (Fsp3) is 0.611. The highest BCUT2D eigenvalue weighted by Crippen LogP contribution is 2.34. The predicted molar refractivity (Wildman–Crippen MR) is 281 cm³/mol. The van der Waals surface area contributed by atoms with Gasteiger partial charge in [-0.05, 0) is 106 Å². The van der Waals surface area contributed by atoms with Crippen molar-refractivity contribution in [2.24, 2.45) is 0 Å². The maximum atomic E-state index is 14.8. The number of ether oxygens (including phenoxy) is 4. The highest BCUT2D eigenvalue weighted by Gasteiger charge is 2.28. The summed E-state index contributed by atoms with van der Waals surface area (Å²) in [7, 11) is 1.92. The molecule has 0 aliphatic carbocycles. The Kier molecular flexibility index (Phi) is 23.5. The number of methoxy groups -OCH3 is 1. The number of nitrogens with zero attached hydrogens (tertiary/aromatic N) is 3. The van der Waals surface area contributed by atoms with E-state index in [2.05, 4.69) is 35.1 Å². The molecule has 0 aliphatic rings. The van der Waals surface area contributed by atoms with E-state index in [0.29, 0.717) is 86.4 Å². The zero-order chi connectivity index (χ0) is 52.2. The molecule has 0 saturated carbocycles. The zero-order valence-corrected chi connectivity index (χ0v) is 45.6. The Morgan fingerprint density at radius 3 is 1.44 bits per heavy atom. The van der Waals surface area contributed by atoms with Gasteiger partial charge in [0.1, 0.15) is 17.2 Å². The lowest BCUT2D eigenvalue weighted by Crippen LogP contribution is -2.41. The van der Waals surface area contributed by atoms with Crippen LogP contribution in [0.15, 0.2) is 48.5 Å². The van der Waals surface area contributed by atoms with Crippen LogP contribution in [0.3, 0.4) is 0 Å². The average Bonchev–Trinajstić information content (AvgIpc) is 3.29. The minimum atomic E-state index is -4.24. The number of carbonyl (C=O) groups excluding carboxylic acids is 2. The number of unbranched alkanes of at least 4 members (excludes halogenated alkanes) is 11. The van der Waals surface area contributed by atoms with Crippen LogP contribution in [-0.4, -0.2) is 133 Å². The third-order valence-electron chi connectivity index (χ3n) is 13.3. The van der Waals surface area contributed by atoms with Gasteiger partial charge in [-0.25, -0.2) is 9.59 Å². The number of hydrogen-bond donors (Lipinski definition) is 2. The summed E-state index contributed by atoms with van der Waals surface area (Å²) in [5, 5.41) is 1.06. The smallest absolute Gasteiger partial charge is 0.345 e. The maximum Gasteiger partial charge on any atom is 0.345 e. The van der Waals surface area contributed by atoms with Crippen molar-refractivity contribution in [2.45, 2.75) is 130 Å². The maximum absolute atomic E-state index is 14.8. The van der Waals surface area contributed by atoms with Crippen molar-refractivity contribution >= 4 is 54.0 Å². The van der Waals surface area contributed by atoms with Gasteiger partial charge < -0.3 is 27.9 Å². The lowest BCUT2D eigenvalue weighted by atomic mass is 10.0. The average molecular weight is 1030 g/mol. The lowest BCUT2D eigenvalue weighted by molar-refractivity contribution is -0.890. The van der Waals surface area contributed by atoms with E-state index in [-0.39, 0.29) is 24.3 Å². The van der Waals surface area contributed by atoms with Crippen molar-refractivity contribution < 1.29 is 68.0 Å². The second kappa shape index (κ2) is 28.2. The molecule has 0 saturated heterocycles. The molecule has 0 atom stereocenters. The van der Waals surface area contributed by atoms with E-state index in [4.69, 9.17) is 23.5 Å². The van der Waals surface area contributed by atoms with E-state index < -0.39 is 37.9 Å². The summed E-state index contributed by atoms with van der Waals surface area (Å²) in [6.45, 7) is 10.9. The molecule has 3 aromatic carbocycles. The normalized spacial score (nSPS) is 12.4. The minimum absolute atomic E-state index is 0.114. The minimum Gasteiger partial charge on any atom is -0.494 e. The summed E-state index contributed by atoms with van der Waals surface area (Å²) in [6.07, 6.45) is 15.6. The highest BCUT2D eigenvalue weighted by molar-refractivity contribution is 7.86. The molecular formula is C54H84N3O12S2+3. The number of rotatable bonds is 34. The second-order valence-corrected chi connectivity index (χ2v) is 23.7. The van der Waals surface area contributed by atoms with E-state index in [0.717, 1.165) is 68.8 Å². The standard InChI is InChI=1S/C54H82N3O12S2/c1-9-10-30-56(4,5)31-19-15-11-13-17-21-34-67-45-25-27-49-47(40-45)51(54(59)69-52-42(2)38-44(39-43(52)3)53(58)66-8)48-41-46(26-28-50(48)55(49)29-23-36-70(60,61)62)68-35-22-18-14-12-16-20-32-57(6,7)33-24-37-71(63,64)65/h25-28,38-41H,9-24,29-37H2,1-8H3/q+1/p+2. The van der Waals surface area contributed by atoms with Crippen molar-refractivity contribution in [3.05, 3.63) is 70.8 Å². The predicted octanol–water partition coefficient (Wildman–Crippen LogP) is 9.85.